The third-order valence-corrected chi connectivity index (χ3v) is 2.35. The Morgan fingerprint density at radius 3 is 3.06 bits per heavy atom. The highest BCUT2D eigenvalue weighted by atomic mass is 16.5. The van der Waals surface area contributed by atoms with Gasteiger partial charge in [-0.05, 0) is 6.92 Å². The van der Waals surface area contributed by atoms with Crippen LogP contribution in [0.4, 0.5) is 5.82 Å². The second-order valence-electron chi connectivity index (χ2n) is 3.66. The summed E-state index contributed by atoms with van der Waals surface area (Å²) in [7, 11) is 3.14. The standard InChI is InChI=1S/C10H13N5O2/c1-7-4-8(14(2)5-9(16)17-3)15-10(13-7)11-6-12-15/h4,6H,5H2,1-3H3. The number of fused-ring (bicyclic) bond motifs is 1. The first kappa shape index (κ1) is 11.3. The molecule has 17 heavy (non-hydrogen) atoms. The molecule has 0 bridgehead atoms. The first-order valence-corrected chi connectivity index (χ1v) is 5.07. The summed E-state index contributed by atoms with van der Waals surface area (Å²) in [5.41, 5.74) is 0.817. The number of methoxy groups -OCH3 is 1. The quantitative estimate of drug-likeness (QED) is 0.699. The lowest BCUT2D eigenvalue weighted by Gasteiger charge is -2.18. The second kappa shape index (κ2) is 4.36. The van der Waals surface area contributed by atoms with Crippen molar-refractivity contribution in [2.45, 2.75) is 6.92 Å². The number of rotatable bonds is 3. The van der Waals surface area contributed by atoms with E-state index < -0.39 is 0 Å². The molecule has 2 heterocycles. The van der Waals surface area contributed by atoms with Crippen LogP contribution in [-0.2, 0) is 9.53 Å². The summed E-state index contributed by atoms with van der Waals surface area (Å²) in [4.78, 5) is 21.2. The van der Waals surface area contributed by atoms with Gasteiger partial charge in [0.2, 0.25) is 0 Å². The van der Waals surface area contributed by atoms with E-state index in [-0.39, 0.29) is 12.5 Å². The van der Waals surface area contributed by atoms with Gasteiger partial charge in [0.05, 0.1) is 7.11 Å². The summed E-state index contributed by atoms with van der Waals surface area (Å²) in [5, 5.41) is 4.06. The van der Waals surface area contributed by atoms with Crippen LogP contribution < -0.4 is 4.90 Å². The number of hydrogen-bond donors (Lipinski definition) is 0. The third kappa shape index (κ3) is 2.17. The molecule has 90 valence electrons. The number of ether oxygens (including phenoxy) is 1. The maximum Gasteiger partial charge on any atom is 0.325 e. The van der Waals surface area contributed by atoms with E-state index in [4.69, 9.17) is 0 Å². The molecule has 0 fully saturated rings. The summed E-state index contributed by atoms with van der Waals surface area (Å²) in [6.45, 7) is 2.01. The summed E-state index contributed by atoms with van der Waals surface area (Å²) in [5.74, 6) is 0.947. The van der Waals surface area contributed by atoms with Gasteiger partial charge < -0.3 is 9.64 Å². The zero-order valence-electron chi connectivity index (χ0n) is 9.91. The lowest BCUT2D eigenvalue weighted by Crippen LogP contribution is -2.28. The molecular weight excluding hydrogens is 222 g/mol. The van der Waals surface area contributed by atoms with Crippen LogP contribution >= 0.6 is 0 Å². The van der Waals surface area contributed by atoms with Crippen molar-refractivity contribution in [2.24, 2.45) is 0 Å². The molecule has 0 aliphatic rings. The Morgan fingerprint density at radius 2 is 2.35 bits per heavy atom. The fourth-order valence-electron chi connectivity index (χ4n) is 1.52. The highest BCUT2D eigenvalue weighted by Crippen LogP contribution is 2.13. The van der Waals surface area contributed by atoms with E-state index in [1.165, 1.54) is 13.4 Å². The number of anilines is 1. The van der Waals surface area contributed by atoms with Crippen LogP contribution in [0.2, 0.25) is 0 Å². The smallest absolute Gasteiger partial charge is 0.325 e. The molecule has 0 spiro atoms. The van der Waals surface area contributed by atoms with Gasteiger partial charge in [0.15, 0.2) is 0 Å². The first-order valence-electron chi connectivity index (χ1n) is 5.07. The molecule has 2 aromatic heterocycles. The predicted molar refractivity (Wildman–Crippen MR) is 60.8 cm³/mol. The van der Waals surface area contributed by atoms with E-state index >= 15 is 0 Å². The third-order valence-electron chi connectivity index (χ3n) is 2.35. The van der Waals surface area contributed by atoms with E-state index in [1.807, 2.05) is 13.0 Å². The zero-order chi connectivity index (χ0) is 12.4. The Hall–Kier alpha value is -2.18. The molecule has 0 aliphatic carbocycles. The minimum Gasteiger partial charge on any atom is -0.468 e. The predicted octanol–water partition coefficient (Wildman–Crippen LogP) is 0.0419. The molecule has 0 N–H and O–H groups in total. The monoisotopic (exact) mass is 235 g/mol. The maximum absolute atomic E-state index is 11.2. The van der Waals surface area contributed by atoms with Gasteiger partial charge in [-0.15, -0.1) is 0 Å². The van der Waals surface area contributed by atoms with Gasteiger partial charge in [0.1, 0.15) is 18.7 Å². The molecule has 0 aliphatic heterocycles. The van der Waals surface area contributed by atoms with Gasteiger partial charge in [0.25, 0.3) is 5.78 Å². The largest absolute Gasteiger partial charge is 0.468 e. The fourth-order valence-corrected chi connectivity index (χ4v) is 1.52. The van der Waals surface area contributed by atoms with Crippen LogP contribution in [0.25, 0.3) is 5.78 Å². The van der Waals surface area contributed by atoms with Crippen molar-refractivity contribution in [3.8, 4) is 0 Å². The van der Waals surface area contributed by atoms with Gasteiger partial charge >= 0.3 is 5.97 Å². The van der Waals surface area contributed by atoms with Crippen LogP contribution in [0, 0.1) is 6.92 Å². The molecule has 0 saturated heterocycles. The van der Waals surface area contributed by atoms with Crippen molar-refractivity contribution in [1.82, 2.24) is 19.6 Å². The number of aromatic nitrogens is 4. The summed E-state index contributed by atoms with van der Waals surface area (Å²) in [6, 6.07) is 1.84. The minimum atomic E-state index is -0.310. The topological polar surface area (TPSA) is 72.6 Å². The van der Waals surface area contributed by atoms with E-state index in [0.717, 1.165) is 11.5 Å². The van der Waals surface area contributed by atoms with Crippen LogP contribution in [0.15, 0.2) is 12.4 Å². The number of nitrogens with zero attached hydrogens (tertiary/aromatic N) is 5. The van der Waals surface area contributed by atoms with Crippen molar-refractivity contribution in [3.63, 3.8) is 0 Å². The molecule has 0 amide bonds. The average molecular weight is 235 g/mol. The van der Waals surface area contributed by atoms with Gasteiger partial charge in [-0.2, -0.15) is 14.6 Å². The molecule has 7 nitrogen and oxygen atoms in total. The highest BCUT2D eigenvalue weighted by molar-refractivity contribution is 5.75. The molecule has 0 saturated carbocycles. The molecule has 7 heteroatoms. The van der Waals surface area contributed by atoms with Gasteiger partial charge in [0, 0.05) is 18.8 Å². The molecule has 2 aromatic rings. The normalized spacial score (nSPS) is 10.5. The second-order valence-corrected chi connectivity index (χ2v) is 3.66. The molecule has 2 rings (SSSR count). The van der Waals surface area contributed by atoms with Crippen LogP contribution in [0.1, 0.15) is 5.69 Å². The Labute approximate surface area is 98.0 Å². The number of aryl methyl sites for hydroxylation is 1. The summed E-state index contributed by atoms with van der Waals surface area (Å²) < 4.78 is 6.20. The number of hydrogen-bond acceptors (Lipinski definition) is 6. The Kier molecular flexibility index (Phi) is 2.90. The lowest BCUT2D eigenvalue weighted by atomic mass is 10.4. The van der Waals surface area contributed by atoms with Crippen molar-refractivity contribution in [3.05, 3.63) is 18.1 Å². The van der Waals surface area contributed by atoms with Gasteiger partial charge in [-0.25, -0.2) is 4.98 Å². The summed E-state index contributed by atoms with van der Waals surface area (Å²) >= 11 is 0. The fraction of sp³-hybridized carbons (Fsp3) is 0.400. The Morgan fingerprint density at radius 1 is 1.59 bits per heavy atom. The number of likely N-dealkylation sites (N-methyl/N-ethyl adjacent to an activating group) is 1. The number of esters is 1. The minimum absolute atomic E-state index is 0.148. The lowest BCUT2D eigenvalue weighted by molar-refractivity contribution is -0.138. The van der Waals surface area contributed by atoms with Crippen LogP contribution in [-0.4, -0.2) is 46.3 Å². The summed E-state index contributed by atoms with van der Waals surface area (Å²) in [6.07, 6.45) is 1.43. The average Bonchev–Trinajstić information content (AvgIpc) is 2.75. The molecule has 0 unspecified atom stereocenters. The van der Waals surface area contributed by atoms with E-state index in [1.54, 1.807) is 16.5 Å². The van der Waals surface area contributed by atoms with Crippen molar-refractivity contribution >= 4 is 17.6 Å². The van der Waals surface area contributed by atoms with Crippen LogP contribution in [0.3, 0.4) is 0 Å². The van der Waals surface area contributed by atoms with Gasteiger partial charge in [-0.3, -0.25) is 4.79 Å². The van der Waals surface area contributed by atoms with Crippen molar-refractivity contribution in [2.75, 3.05) is 25.6 Å². The number of carbonyl (C=O) groups excluding carboxylic acids is 1. The van der Waals surface area contributed by atoms with E-state index in [0.29, 0.717) is 5.78 Å². The van der Waals surface area contributed by atoms with Crippen molar-refractivity contribution < 1.29 is 9.53 Å². The van der Waals surface area contributed by atoms with Crippen LogP contribution in [0.5, 0.6) is 0 Å². The zero-order valence-corrected chi connectivity index (χ0v) is 9.91. The Balaban J connectivity index is 2.39. The first-order chi connectivity index (χ1) is 8.11. The van der Waals surface area contributed by atoms with E-state index in [9.17, 15) is 4.79 Å². The SMILES string of the molecule is COC(=O)CN(C)c1cc(C)nc2ncnn12. The molecule has 0 radical (unpaired) electrons. The maximum atomic E-state index is 11.2. The van der Waals surface area contributed by atoms with E-state index in [2.05, 4.69) is 19.8 Å². The Bertz CT molecular complexity index is 551. The molecule has 0 aromatic carbocycles. The van der Waals surface area contributed by atoms with Gasteiger partial charge in [-0.1, -0.05) is 0 Å². The molecular formula is C10H13N5O2. The van der Waals surface area contributed by atoms with Crippen molar-refractivity contribution in [1.29, 1.82) is 0 Å². The number of carbonyl (C=O) groups is 1. The highest BCUT2D eigenvalue weighted by Gasteiger charge is 2.12. The molecule has 0 atom stereocenters.